The van der Waals surface area contributed by atoms with Crippen LogP contribution in [0, 0.1) is 11.7 Å². The third kappa shape index (κ3) is 6.45. The summed E-state index contributed by atoms with van der Waals surface area (Å²) in [5, 5.41) is 2.83. The number of rotatable bonds is 7. The quantitative estimate of drug-likeness (QED) is 0.594. The monoisotopic (exact) mass is 504 g/mol. The number of hydrogen-bond acceptors (Lipinski definition) is 4. The third-order valence-electron chi connectivity index (χ3n) is 7.72. The number of carbonyl (C=O) groups is 3. The molecule has 0 bridgehead atoms. The van der Waals surface area contributed by atoms with E-state index in [-0.39, 0.29) is 42.5 Å². The zero-order valence-electron chi connectivity index (χ0n) is 21.0. The molecule has 3 aliphatic rings. The van der Waals surface area contributed by atoms with E-state index in [4.69, 9.17) is 4.74 Å². The Morgan fingerprint density at radius 2 is 1.84 bits per heavy atom. The second-order valence-electron chi connectivity index (χ2n) is 10.5. The molecule has 1 aliphatic carbocycles. The van der Waals surface area contributed by atoms with Crippen LogP contribution >= 0.6 is 0 Å². The summed E-state index contributed by atoms with van der Waals surface area (Å²) in [5.41, 5.74) is 4.74. The van der Waals surface area contributed by atoms with E-state index in [0.29, 0.717) is 37.5 Å². The Balaban J connectivity index is 1.09. The lowest BCUT2D eigenvalue weighted by atomic mass is 9.83. The Morgan fingerprint density at radius 1 is 1.03 bits per heavy atom. The number of amides is 2. The number of nitrogens with zero attached hydrogens (tertiary/aromatic N) is 1. The van der Waals surface area contributed by atoms with Gasteiger partial charge in [0.25, 0.3) is 0 Å². The van der Waals surface area contributed by atoms with E-state index in [1.54, 1.807) is 29.2 Å². The summed E-state index contributed by atoms with van der Waals surface area (Å²) in [6, 6.07) is 12.3. The number of ether oxygens (including phenoxy) is 1. The van der Waals surface area contributed by atoms with Crippen molar-refractivity contribution in [2.75, 3.05) is 13.1 Å². The molecular weight excluding hydrogens is 471 g/mol. The molecule has 0 radical (unpaired) electrons. The zero-order chi connectivity index (χ0) is 25.8. The molecule has 2 aromatic carbocycles. The normalized spacial score (nSPS) is 21.2. The molecule has 2 amide bonds. The van der Waals surface area contributed by atoms with Gasteiger partial charge in [0, 0.05) is 38.6 Å². The molecule has 2 aromatic rings. The fourth-order valence-corrected chi connectivity index (χ4v) is 5.68. The van der Waals surface area contributed by atoms with Crippen LogP contribution in [0.4, 0.5) is 9.18 Å². The molecule has 194 valence electrons. The Labute approximate surface area is 216 Å². The maximum absolute atomic E-state index is 13.9. The minimum absolute atomic E-state index is 0.00479. The number of benzene rings is 2. The van der Waals surface area contributed by atoms with Gasteiger partial charge in [-0.3, -0.25) is 9.59 Å². The van der Waals surface area contributed by atoms with Gasteiger partial charge < -0.3 is 15.0 Å². The number of carbonyl (C=O) groups excluding carboxylic acids is 3. The van der Waals surface area contributed by atoms with Gasteiger partial charge in [-0.1, -0.05) is 36.4 Å². The first-order valence-corrected chi connectivity index (χ1v) is 13.2. The Hall–Kier alpha value is -3.48. The lowest BCUT2D eigenvalue weighted by Gasteiger charge is -2.33. The Bertz CT molecular complexity index is 1220. The first-order chi connectivity index (χ1) is 17.9. The molecule has 1 N–H and O–H groups in total. The molecule has 37 heavy (non-hydrogen) atoms. The molecular formula is C30H33FN2O4. The minimum Gasteiger partial charge on any atom is -0.446 e. The van der Waals surface area contributed by atoms with Gasteiger partial charge in [-0.2, -0.15) is 0 Å². The topological polar surface area (TPSA) is 75.7 Å². The third-order valence-corrected chi connectivity index (χ3v) is 7.72. The van der Waals surface area contributed by atoms with E-state index in [1.165, 1.54) is 11.6 Å². The van der Waals surface area contributed by atoms with Crippen LogP contribution in [0.25, 0.3) is 0 Å². The summed E-state index contributed by atoms with van der Waals surface area (Å²) in [4.78, 5) is 38.5. The van der Waals surface area contributed by atoms with E-state index in [2.05, 4.69) is 5.32 Å². The van der Waals surface area contributed by atoms with Crippen LogP contribution < -0.4 is 5.32 Å². The van der Waals surface area contributed by atoms with Gasteiger partial charge in [0.05, 0.1) is 0 Å². The van der Waals surface area contributed by atoms with E-state index in [0.717, 1.165) is 48.8 Å². The second kappa shape index (κ2) is 11.3. The lowest BCUT2D eigenvalue weighted by Crippen LogP contribution is -2.39. The minimum atomic E-state index is -0.349. The van der Waals surface area contributed by atoms with Crippen molar-refractivity contribution in [2.45, 2.75) is 64.0 Å². The van der Waals surface area contributed by atoms with Crippen LogP contribution in [0.3, 0.4) is 0 Å². The van der Waals surface area contributed by atoms with E-state index in [1.807, 2.05) is 18.2 Å². The summed E-state index contributed by atoms with van der Waals surface area (Å²) in [6.07, 6.45) is 7.15. The van der Waals surface area contributed by atoms with Crippen LogP contribution in [0.5, 0.6) is 0 Å². The van der Waals surface area contributed by atoms with Gasteiger partial charge in [-0.05, 0) is 78.3 Å². The first kappa shape index (κ1) is 25.2. The Morgan fingerprint density at radius 3 is 2.59 bits per heavy atom. The maximum Gasteiger partial charge on any atom is 0.410 e. The van der Waals surface area contributed by atoms with Crippen LogP contribution in [0.1, 0.15) is 54.4 Å². The summed E-state index contributed by atoms with van der Waals surface area (Å²) in [7, 11) is 0. The van der Waals surface area contributed by atoms with Crippen molar-refractivity contribution >= 4 is 17.8 Å². The fraction of sp³-hybridized carbons (Fsp3) is 0.433. The van der Waals surface area contributed by atoms with Gasteiger partial charge in [0.15, 0.2) is 0 Å². The molecule has 6 nitrogen and oxygen atoms in total. The Kier molecular flexibility index (Phi) is 7.68. The van der Waals surface area contributed by atoms with Gasteiger partial charge in [0.1, 0.15) is 17.7 Å². The van der Waals surface area contributed by atoms with Crippen LogP contribution in [0.2, 0.25) is 0 Å². The van der Waals surface area contributed by atoms with Crippen molar-refractivity contribution < 1.29 is 23.5 Å². The smallest absolute Gasteiger partial charge is 0.410 e. The average molecular weight is 505 g/mol. The molecule has 0 spiro atoms. The van der Waals surface area contributed by atoms with E-state index < -0.39 is 0 Å². The highest BCUT2D eigenvalue weighted by Crippen LogP contribution is 2.32. The van der Waals surface area contributed by atoms with Crippen molar-refractivity contribution in [1.29, 1.82) is 0 Å². The second-order valence-corrected chi connectivity index (χ2v) is 10.5. The molecule has 0 aromatic heterocycles. The molecule has 2 aliphatic heterocycles. The van der Waals surface area contributed by atoms with Crippen molar-refractivity contribution in [3.05, 3.63) is 82.2 Å². The molecule has 0 unspecified atom stereocenters. The largest absolute Gasteiger partial charge is 0.446 e. The van der Waals surface area contributed by atoms with Crippen molar-refractivity contribution in [2.24, 2.45) is 5.92 Å². The number of ketones is 1. The van der Waals surface area contributed by atoms with E-state index in [9.17, 15) is 18.8 Å². The summed E-state index contributed by atoms with van der Waals surface area (Å²) >= 11 is 0. The average Bonchev–Trinajstić information content (AvgIpc) is 3.30. The summed E-state index contributed by atoms with van der Waals surface area (Å²) in [5.74, 6) is 0.179. The lowest BCUT2D eigenvalue weighted by molar-refractivity contribution is -0.118. The molecule has 0 saturated heterocycles. The predicted octanol–water partition coefficient (Wildman–Crippen LogP) is 4.68. The number of Topliss-reactive ketones (excluding diaryl/α,β-unsaturated/α-hetero) is 1. The molecule has 2 heterocycles. The van der Waals surface area contributed by atoms with Gasteiger partial charge in [-0.15, -0.1) is 0 Å². The van der Waals surface area contributed by atoms with Crippen molar-refractivity contribution in [3.8, 4) is 0 Å². The maximum atomic E-state index is 13.9. The van der Waals surface area contributed by atoms with Gasteiger partial charge >= 0.3 is 6.09 Å². The van der Waals surface area contributed by atoms with Crippen LogP contribution in [-0.4, -0.2) is 41.9 Å². The summed E-state index contributed by atoms with van der Waals surface area (Å²) < 4.78 is 19.7. The number of halogens is 1. The number of hydrogen-bond donors (Lipinski definition) is 1. The standard InChI is InChI=1S/C30H33FN2O4/c31-28-4-2-1-3-24(28)17-26(34)15-21-5-8-25-19-33(12-11-23(25)14-21)30(36)37-27-9-6-20(7-10-27)13-22-16-29(35)32-18-22/h1-5,8,14,16,20,27H,6-7,9-13,15,17-19H2,(H,32,35). The molecule has 1 fully saturated rings. The predicted molar refractivity (Wildman–Crippen MR) is 137 cm³/mol. The van der Waals surface area contributed by atoms with Crippen molar-refractivity contribution in [3.63, 3.8) is 0 Å². The molecule has 5 rings (SSSR count). The highest BCUT2D eigenvalue weighted by Gasteiger charge is 2.29. The molecule has 7 heteroatoms. The fourth-order valence-electron chi connectivity index (χ4n) is 5.68. The SMILES string of the molecule is O=C(Cc1ccc2c(c1)CCN(C(=O)OC1CCC(CC3=CC(=O)NC3)CC1)C2)Cc1ccccc1F. The zero-order valence-corrected chi connectivity index (χ0v) is 21.0. The number of fused-ring (bicyclic) bond motifs is 1. The summed E-state index contributed by atoms with van der Waals surface area (Å²) in [6.45, 7) is 1.75. The highest BCUT2D eigenvalue weighted by molar-refractivity contribution is 5.91. The van der Waals surface area contributed by atoms with Gasteiger partial charge in [0.2, 0.25) is 5.91 Å². The van der Waals surface area contributed by atoms with E-state index >= 15 is 0 Å². The molecule has 1 saturated carbocycles. The van der Waals surface area contributed by atoms with Gasteiger partial charge in [-0.25, -0.2) is 9.18 Å². The van der Waals surface area contributed by atoms with Crippen LogP contribution in [0.15, 0.2) is 54.1 Å². The molecule has 0 atom stereocenters. The highest BCUT2D eigenvalue weighted by atomic mass is 19.1. The first-order valence-electron chi connectivity index (χ1n) is 13.2. The number of nitrogens with one attached hydrogen (secondary N) is 1. The van der Waals surface area contributed by atoms with Crippen molar-refractivity contribution in [1.82, 2.24) is 10.2 Å². The van der Waals surface area contributed by atoms with Crippen LogP contribution in [-0.2, 0) is 40.1 Å².